The molecular weight excluding hydrogens is 458 g/mol. The van der Waals surface area contributed by atoms with Gasteiger partial charge >= 0.3 is 0 Å². The second kappa shape index (κ2) is 10.4. The first-order valence-electron chi connectivity index (χ1n) is 11.2. The summed E-state index contributed by atoms with van der Waals surface area (Å²) in [4.78, 5) is 28.1. The lowest BCUT2D eigenvalue weighted by Gasteiger charge is -2.32. The average Bonchev–Trinajstić information content (AvgIpc) is 2.84. The van der Waals surface area contributed by atoms with E-state index in [2.05, 4.69) is 20.3 Å². The largest absolute Gasteiger partial charge is 0.378 e. The third kappa shape index (κ3) is 5.66. The molecule has 10 nitrogen and oxygen atoms in total. The minimum absolute atomic E-state index is 0.0535. The molecule has 3 N–H and O–H groups in total. The summed E-state index contributed by atoms with van der Waals surface area (Å²) < 4.78 is 34.4. The summed E-state index contributed by atoms with van der Waals surface area (Å²) in [6.45, 7) is 6.36. The topological polar surface area (TPSA) is 120 Å². The van der Waals surface area contributed by atoms with E-state index in [4.69, 9.17) is 4.74 Å². The monoisotopic (exact) mass is 487 g/mol. The number of anilines is 3. The van der Waals surface area contributed by atoms with Gasteiger partial charge < -0.3 is 25.2 Å². The molecule has 0 saturated carbocycles. The first-order valence-corrected chi connectivity index (χ1v) is 12.7. The van der Waals surface area contributed by atoms with E-state index in [0.717, 1.165) is 31.9 Å². The molecule has 2 aliphatic rings. The van der Waals surface area contributed by atoms with Crippen LogP contribution in [0, 0.1) is 0 Å². The summed E-state index contributed by atoms with van der Waals surface area (Å²) in [6, 6.07) is 11.1. The second-order valence-electron chi connectivity index (χ2n) is 8.18. The molecule has 0 bridgehead atoms. The fraction of sp³-hybridized carbons (Fsp3) is 0.391. The zero-order valence-corrected chi connectivity index (χ0v) is 19.9. The van der Waals surface area contributed by atoms with E-state index in [1.165, 1.54) is 31.2 Å². The van der Waals surface area contributed by atoms with Crippen molar-refractivity contribution in [2.24, 2.45) is 0 Å². The summed E-state index contributed by atoms with van der Waals surface area (Å²) >= 11 is 0. The summed E-state index contributed by atoms with van der Waals surface area (Å²) in [6.07, 6.45) is 0. The maximum atomic E-state index is 13.2. The normalized spacial score (nSPS) is 16.7. The van der Waals surface area contributed by atoms with E-state index in [1.807, 2.05) is 0 Å². The Kier molecular flexibility index (Phi) is 7.35. The third-order valence-corrected chi connectivity index (χ3v) is 7.11. The molecule has 11 heteroatoms. The molecule has 182 valence electrons. The number of nitrogens with zero attached hydrogens (tertiary/aromatic N) is 2. The van der Waals surface area contributed by atoms with E-state index in [0.29, 0.717) is 43.2 Å². The Labute approximate surface area is 199 Å². The second-order valence-corrected chi connectivity index (χ2v) is 9.87. The molecular formula is C23H29N5O5S. The van der Waals surface area contributed by atoms with Crippen molar-refractivity contribution >= 4 is 38.9 Å². The predicted octanol–water partition coefficient (Wildman–Crippen LogP) is 1.33. The van der Waals surface area contributed by atoms with Crippen molar-refractivity contribution in [1.82, 2.24) is 10.2 Å². The van der Waals surface area contributed by atoms with Crippen LogP contribution in [0.5, 0.6) is 0 Å². The number of benzene rings is 2. The van der Waals surface area contributed by atoms with E-state index in [1.54, 1.807) is 23.1 Å². The number of hydrogen-bond donors (Lipinski definition) is 3. The lowest BCUT2D eigenvalue weighted by molar-refractivity contribution is -0.114. The zero-order chi connectivity index (χ0) is 24.1. The van der Waals surface area contributed by atoms with Gasteiger partial charge in [-0.25, -0.2) is 8.42 Å². The van der Waals surface area contributed by atoms with Crippen LogP contribution in [0.1, 0.15) is 17.3 Å². The molecule has 0 spiro atoms. The van der Waals surface area contributed by atoms with Crippen LogP contribution in [-0.4, -0.2) is 77.6 Å². The van der Waals surface area contributed by atoms with Crippen LogP contribution in [0.3, 0.4) is 0 Å². The maximum Gasteiger partial charge on any atom is 0.261 e. The highest BCUT2D eigenvalue weighted by atomic mass is 32.2. The van der Waals surface area contributed by atoms with E-state index < -0.39 is 10.0 Å². The van der Waals surface area contributed by atoms with Gasteiger partial charge in [-0.1, -0.05) is 0 Å². The number of ether oxygens (including phenoxy) is 1. The van der Waals surface area contributed by atoms with Crippen LogP contribution in [0.4, 0.5) is 17.1 Å². The number of morpholine rings is 1. The van der Waals surface area contributed by atoms with Crippen molar-refractivity contribution in [2.75, 3.05) is 67.4 Å². The molecule has 34 heavy (non-hydrogen) atoms. The quantitative estimate of drug-likeness (QED) is 0.562. The van der Waals surface area contributed by atoms with Gasteiger partial charge in [0.05, 0.1) is 29.5 Å². The highest BCUT2D eigenvalue weighted by molar-refractivity contribution is 7.92. The zero-order valence-electron chi connectivity index (χ0n) is 19.0. The lowest BCUT2D eigenvalue weighted by Crippen LogP contribution is -2.44. The number of carbonyl (C=O) groups excluding carboxylic acids is 2. The van der Waals surface area contributed by atoms with Crippen LogP contribution >= 0.6 is 0 Å². The first kappa shape index (κ1) is 24.0. The van der Waals surface area contributed by atoms with Gasteiger partial charge in [0.25, 0.3) is 15.9 Å². The van der Waals surface area contributed by atoms with Crippen LogP contribution in [0.2, 0.25) is 0 Å². The maximum absolute atomic E-state index is 13.2. The summed E-state index contributed by atoms with van der Waals surface area (Å²) in [5, 5.41) is 5.91. The minimum Gasteiger partial charge on any atom is -0.378 e. The van der Waals surface area contributed by atoms with Crippen molar-refractivity contribution < 1.29 is 22.7 Å². The minimum atomic E-state index is -3.94. The molecule has 4 rings (SSSR count). The predicted molar refractivity (Wildman–Crippen MR) is 130 cm³/mol. The van der Waals surface area contributed by atoms with Crippen LogP contribution < -0.4 is 20.3 Å². The number of carbonyl (C=O) groups is 2. The highest BCUT2D eigenvalue weighted by Crippen LogP contribution is 2.31. The van der Waals surface area contributed by atoms with Gasteiger partial charge in [-0.3, -0.25) is 14.3 Å². The van der Waals surface area contributed by atoms with E-state index >= 15 is 0 Å². The van der Waals surface area contributed by atoms with E-state index in [-0.39, 0.29) is 16.7 Å². The summed E-state index contributed by atoms with van der Waals surface area (Å²) in [5.74, 6) is -0.397. The molecule has 2 aromatic carbocycles. The van der Waals surface area contributed by atoms with Crippen LogP contribution in [0.25, 0.3) is 0 Å². The molecule has 2 aliphatic heterocycles. The number of piperazine rings is 1. The van der Waals surface area contributed by atoms with Gasteiger partial charge in [0.1, 0.15) is 0 Å². The van der Waals surface area contributed by atoms with Crippen molar-refractivity contribution in [2.45, 2.75) is 11.8 Å². The van der Waals surface area contributed by atoms with Crippen LogP contribution in [-0.2, 0) is 19.6 Å². The highest BCUT2D eigenvalue weighted by Gasteiger charge is 2.24. The van der Waals surface area contributed by atoms with Gasteiger partial charge in [0.15, 0.2) is 0 Å². The van der Waals surface area contributed by atoms with Crippen molar-refractivity contribution in [3.63, 3.8) is 0 Å². The Morgan fingerprint density at radius 1 is 0.971 bits per heavy atom. The Bertz CT molecular complexity index is 1140. The van der Waals surface area contributed by atoms with Crippen molar-refractivity contribution in [3.8, 4) is 0 Å². The fourth-order valence-electron chi connectivity index (χ4n) is 4.01. The number of rotatable bonds is 6. The van der Waals surface area contributed by atoms with Gasteiger partial charge in [-0.15, -0.1) is 0 Å². The van der Waals surface area contributed by atoms with E-state index in [9.17, 15) is 18.0 Å². The Morgan fingerprint density at radius 3 is 2.29 bits per heavy atom. The number of hydrogen-bond acceptors (Lipinski definition) is 7. The number of amides is 2. The van der Waals surface area contributed by atoms with Crippen LogP contribution in [0.15, 0.2) is 47.4 Å². The molecule has 2 saturated heterocycles. The third-order valence-electron chi connectivity index (χ3n) is 5.73. The molecule has 0 radical (unpaired) electrons. The van der Waals surface area contributed by atoms with Gasteiger partial charge in [-0.05, 0) is 42.5 Å². The standard InChI is InChI=1S/C23H29N5O5S/c1-17(29)25-19-3-5-20(6-4-19)34(31,32)26-21-16-18(23(30)28-12-14-33-15-13-28)2-7-22(21)27-10-8-24-9-11-27/h2-7,16,24,26H,8-15H2,1H3,(H,25,29). The molecule has 2 aromatic rings. The van der Waals surface area contributed by atoms with Gasteiger partial charge in [-0.2, -0.15) is 0 Å². The van der Waals surface area contributed by atoms with Crippen molar-refractivity contribution in [3.05, 3.63) is 48.0 Å². The Hall–Kier alpha value is -3.15. The molecule has 0 atom stereocenters. The SMILES string of the molecule is CC(=O)Nc1ccc(S(=O)(=O)Nc2cc(C(=O)N3CCOCC3)ccc2N2CCNCC2)cc1. The molecule has 2 heterocycles. The first-order chi connectivity index (χ1) is 16.3. The molecule has 0 aromatic heterocycles. The molecule has 2 fully saturated rings. The summed E-state index contributed by atoms with van der Waals surface area (Å²) in [5.41, 5.74) is 2.00. The molecule has 0 unspecified atom stereocenters. The number of nitrogens with one attached hydrogen (secondary N) is 3. The van der Waals surface area contributed by atoms with Gasteiger partial charge in [0.2, 0.25) is 5.91 Å². The number of sulfonamides is 1. The lowest BCUT2D eigenvalue weighted by atomic mass is 10.1. The van der Waals surface area contributed by atoms with Gasteiger partial charge in [0, 0.05) is 57.4 Å². The molecule has 2 amide bonds. The fourth-order valence-corrected chi connectivity index (χ4v) is 5.07. The van der Waals surface area contributed by atoms with Crippen molar-refractivity contribution in [1.29, 1.82) is 0 Å². The Morgan fingerprint density at radius 2 is 1.65 bits per heavy atom. The molecule has 0 aliphatic carbocycles. The summed E-state index contributed by atoms with van der Waals surface area (Å²) in [7, 11) is -3.94. The average molecular weight is 488 g/mol. The smallest absolute Gasteiger partial charge is 0.261 e. The Balaban J connectivity index is 1.64.